The number of rotatable bonds is 8. The van der Waals surface area contributed by atoms with Crippen LogP contribution in [0.5, 0.6) is 11.5 Å². The molecular weight excluding hydrogens is 406 g/mol. The highest BCUT2D eigenvalue weighted by Gasteiger charge is 2.16. The minimum absolute atomic E-state index is 0.0266. The van der Waals surface area contributed by atoms with Gasteiger partial charge < -0.3 is 19.4 Å². The van der Waals surface area contributed by atoms with Gasteiger partial charge in [0.1, 0.15) is 5.82 Å². The molecule has 0 atom stereocenters. The maximum atomic E-state index is 12.8. The lowest BCUT2D eigenvalue weighted by Gasteiger charge is -2.11. The van der Waals surface area contributed by atoms with E-state index in [1.165, 1.54) is 7.11 Å². The molecule has 0 fully saturated rings. The number of ketones is 1. The monoisotopic (exact) mass is 429 g/mol. The highest BCUT2D eigenvalue weighted by atomic mass is 16.5. The Balaban J connectivity index is 1.57. The van der Waals surface area contributed by atoms with Crippen molar-refractivity contribution < 1.29 is 19.1 Å². The number of imidazole rings is 1. The van der Waals surface area contributed by atoms with E-state index < -0.39 is 0 Å². The molecule has 0 spiro atoms. The molecule has 0 unspecified atom stereocenters. The number of nitrogens with one attached hydrogen (secondary N) is 1. The topological polar surface area (TPSA) is 82.5 Å². The molecule has 3 aromatic carbocycles. The number of hydrogen-bond donors (Lipinski definition) is 1. The second-order valence-electron chi connectivity index (χ2n) is 7.14. The zero-order valence-electron chi connectivity index (χ0n) is 17.9. The van der Waals surface area contributed by atoms with Crippen LogP contribution in [0.3, 0.4) is 0 Å². The van der Waals surface area contributed by atoms with Crippen molar-refractivity contribution in [2.75, 3.05) is 14.2 Å². The largest absolute Gasteiger partial charge is 0.493 e. The maximum absolute atomic E-state index is 12.8. The van der Waals surface area contributed by atoms with Gasteiger partial charge in [0.25, 0.3) is 5.91 Å². The molecule has 4 rings (SSSR count). The zero-order chi connectivity index (χ0) is 22.5. The Morgan fingerprint density at radius 3 is 2.34 bits per heavy atom. The first-order valence-electron chi connectivity index (χ1n) is 10.1. The molecule has 0 radical (unpaired) electrons. The number of aromatic nitrogens is 2. The van der Waals surface area contributed by atoms with Crippen LogP contribution in [0, 0.1) is 0 Å². The zero-order valence-corrected chi connectivity index (χ0v) is 17.9. The van der Waals surface area contributed by atoms with Crippen LogP contribution in [0.25, 0.3) is 11.0 Å². The average molecular weight is 429 g/mol. The van der Waals surface area contributed by atoms with E-state index in [-0.39, 0.29) is 24.8 Å². The van der Waals surface area contributed by atoms with Gasteiger partial charge in [-0.25, -0.2) is 4.98 Å². The van der Waals surface area contributed by atoms with E-state index in [4.69, 9.17) is 9.47 Å². The van der Waals surface area contributed by atoms with Gasteiger partial charge in [0.2, 0.25) is 0 Å². The van der Waals surface area contributed by atoms with Crippen molar-refractivity contribution in [3.63, 3.8) is 0 Å². The normalized spacial score (nSPS) is 10.7. The molecule has 4 aromatic rings. The van der Waals surface area contributed by atoms with Gasteiger partial charge in [0, 0.05) is 11.1 Å². The van der Waals surface area contributed by atoms with Gasteiger partial charge in [-0.05, 0) is 30.3 Å². The smallest absolute Gasteiger partial charge is 0.251 e. The standard InChI is InChI=1S/C25H23N3O4/c1-31-22-13-12-18(14-23(22)32-2)25(30)26-15-24-27-19-10-6-7-11-20(19)28(24)16-21(29)17-8-4-3-5-9-17/h3-14H,15-16H2,1-2H3,(H,26,30). The van der Waals surface area contributed by atoms with Crippen molar-refractivity contribution in [2.45, 2.75) is 13.1 Å². The molecule has 1 aromatic heterocycles. The maximum Gasteiger partial charge on any atom is 0.251 e. The minimum atomic E-state index is -0.279. The summed E-state index contributed by atoms with van der Waals surface area (Å²) in [5.41, 5.74) is 2.67. The fourth-order valence-electron chi connectivity index (χ4n) is 3.53. The van der Waals surface area contributed by atoms with Gasteiger partial charge in [-0.1, -0.05) is 42.5 Å². The van der Waals surface area contributed by atoms with Gasteiger partial charge in [-0.2, -0.15) is 0 Å². The van der Waals surface area contributed by atoms with Gasteiger partial charge in [-0.3, -0.25) is 9.59 Å². The Labute approximate surface area is 185 Å². The fraction of sp³-hybridized carbons (Fsp3) is 0.160. The Morgan fingerprint density at radius 2 is 1.59 bits per heavy atom. The van der Waals surface area contributed by atoms with Gasteiger partial charge >= 0.3 is 0 Å². The third-order valence-corrected chi connectivity index (χ3v) is 5.18. The number of para-hydroxylation sites is 2. The lowest BCUT2D eigenvalue weighted by Crippen LogP contribution is -2.25. The lowest BCUT2D eigenvalue weighted by molar-refractivity contribution is 0.0949. The molecule has 7 heteroatoms. The van der Waals surface area contributed by atoms with E-state index >= 15 is 0 Å². The van der Waals surface area contributed by atoms with Crippen molar-refractivity contribution in [1.82, 2.24) is 14.9 Å². The molecule has 0 aliphatic carbocycles. The third kappa shape index (κ3) is 4.32. The number of benzene rings is 3. The van der Waals surface area contributed by atoms with Crippen molar-refractivity contribution in [2.24, 2.45) is 0 Å². The third-order valence-electron chi connectivity index (χ3n) is 5.18. The first-order chi connectivity index (χ1) is 15.6. The van der Waals surface area contributed by atoms with Crippen LogP contribution in [0.4, 0.5) is 0 Å². The molecule has 162 valence electrons. The first-order valence-corrected chi connectivity index (χ1v) is 10.1. The number of methoxy groups -OCH3 is 2. The summed E-state index contributed by atoms with van der Waals surface area (Å²) in [4.78, 5) is 30.2. The quantitative estimate of drug-likeness (QED) is 0.430. The number of nitrogens with zero attached hydrogens (tertiary/aromatic N) is 2. The highest BCUT2D eigenvalue weighted by Crippen LogP contribution is 2.27. The van der Waals surface area contributed by atoms with Crippen LogP contribution >= 0.6 is 0 Å². The molecule has 1 amide bonds. The Hall–Kier alpha value is -4.13. The lowest BCUT2D eigenvalue weighted by atomic mass is 10.1. The van der Waals surface area contributed by atoms with E-state index in [0.29, 0.717) is 28.5 Å². The first kappa shape index (κ1) is 21.1. The summed E-state index contributed by atoms with van der Waals surface area (Å²) in [6.45, 7) is 0.302. The van der Waals surface area contributed by atoms with Crippen LogP contribution in [0.2, 0.25) is 0 Å². The van der Waals surface area contributed by atoms with Crippen LogP contribution in [0.1, 0.15) is 26.5 Å². The number of fused-ring (bicyclic) bond motifs is 1. The van der Waals surface area contributed by atoms with E-state index in [0.717, 1.165) is 11.0 Å². The Morgan fingerprint density at radius 1 is 0.875 bits per heavy atom. The SMILES string of the molecule is COc1ccc(C(=O)NCc2nc3ccccc3n2CC(=O)c2ccccc2)cc1OC. The molecule has 0 saturated heterocycles. The summed E-state index contributed by atoms with van der Waals surface area (Å²) >= 11 is 0. The molecule has 0 saturated carbocycles. The summed E-state index contributed by atoms with van der Waals surface area (Å²) in [6, 6.07) is 21.7. The molecule has 0 bridgehead atoms. The second-order valence-corrected chi connectivity index (χ2v) is 7.14. The average Bonchev–Trinajstić information content (AvgIpc) is 3.19. The minimum Gasteiger partial charge on any atom is -0.493 e. The molecule has 0 aliphatic heterocycles. The van der Waals surface area contributed by atoms with Crippen LogP contribution < -0.4 is 14.8 Å². The predicted octanol–water partition coefficient (Wildman–Crippen LogP) is 3.87. The van der Waals surface area contributed by atoms with Crippen LogP contribution in [-0.4, -0.2) is 35.5 Å². The molecule has 1 heterocycles. The van der Waals surface area contributed by atoms with E-state index in [2.05, 4.69) is 10.3 Å². The Bertz CT molecular complexity index is 1260. The number of amides is 1. The van der Waals surface area contributed by atoms with E-state index in [9.17, 15) is 9.59 Å². The van der Waals surface area contributed by atoms with Crippen molar-refractivity contribution in [3.05, 3.63) is 89.7 Å². The highest BCUT2D eigenvalue weighted by molar-refractivity contribution is 5.97. The molecule has 7 nitrogen and oxygen atoms in total. The summed E-state index contributed by atoms with van der Waals surface area (Å²) in [5, 5.41) is 2.89. The summed E-state index contributed by atoms with van der Waals surface area (Å²) in [7, 11) is 3.06. The fourth-order valence-corrected chi connectivity index (χ4v) is 3.53. The summed E-state index contributed by atoms with van der Waals surface area (Å²) in [5.74, 6) is 1.32. The van der Waals surface area contributed by atoms with E-state index in [1.54, 1.807) is 37.4 Å². The van der Waals surface area contributed by atoms with Crippen LogP contribution in [0.15, 0.2) is 72.8 Å². The Kier molecular flexibility index (Phi) is 6.17. The molecular formula is C25H23N3O4. The molecule has 1 N–H and O–H groups in total. The predicted molar refractivity (Wildman–Crippen MR) is 121 cm³/mol. The van der Waals surface area contributed by atoms with Crippen molar-refractivity contribution in [3.8, 4) is 11.5 Å². The van der Waals surface area contributed by atoms with Crippen molar-refractivity contribution >= 4 is 22.7 Å². The van der Waals surface area contributed by atoms with E-state index in [1.807, 2.05) is 47.0 Å². The molecule has 0 aliphatic rings. The summed E-state index contributed by atoms with van der Waals surface area (Å²) in [6.07, 6.45) is 0. The number of Topliss-reactive ketones (excluding diaryl/α,β-unsaturated/α-hetero) is 1. The second kappa shape index (κ2) is 9.34. The number of carbonyl (C=O) groups excluding carboxylic acids is 2. The number of carbonyl (C=O) groups is 2. The van der Waals surface area contributed by atoms with Gasteiger partial charge in [0.05, 0.1) is 38.3 Å². The van der Waals surface area contributed by atoms with Gasteiger partial charge in [-0.15, -0.1) is 0 Å². The number of hydrogen-bond acceptors (Lipinski definition) is 5. The summed E-state index contributed by atoms with van der Waals surface area (Å²) < 4.78 is 12.3. The van der Waals surface area contributed by atoms with Gasteiger partial charge in [0.15, 0.2) is 17.3 Å². The van der Waals surface area contributed by atoms with Crippen molar-refractivity contribution in [1.29, 1.82) is 0 Å². The molecule has 32 heavy (non-hydrogen) atoms. The van der Waals surface area contributed by atoms with Crippen LogP contribution in [-0.2, 0) is 13.1 Å². The number of ether oxygens (including phenoxy) is 2.